The molecule has 0 amide bonds. The summed E-state index contributed by atoms with van der Waals surface area (Å²) in [5, 5.41) is 8.64. The van der Waals surface area contributed by atoms with Gasteiger partial charge < -0.3 is 5.32 Å². The van der Waals surface area contributed by atoms with Crippen LogP contribution in [0, 0.1) is 0 Å². The van der Waals surface area contributed by atoms with Crippen LogP contribution in [0.5, 0.6) is 0 Å². The summed E-state index contributed by atoms with van der Waals surface area (Å²) in [6, 6.07) is 0. The Morgan fingerprint density at radius 3 is 2.93 bits per heavy atom. The van der Waals surface area contributed by atoms with Gasteiger partial charge in [0.1, 0.15) is 0 Å². The molecule has 0 bridgehead atoms. The Labute approximate surface area is 93.3 Å². The quantitative estimate of drug-likeness (QED) is 0.641. The van der Waals surface area contributed by atoms with Crippen LogP contribution in [0.1, 0.15) is 12.6 Å². The number of hydrogen-bond acceptors (Lipinski definition) is 6. The van der Waals surface area contributed by atoms with E-state index in [-0.39, 0.29) is 5.75 Å². The van der Waals surface area contributed by atoms with Gasteiger partial charge in [-0.25, -0.2) is 13.1 Å². The van der Waals surface area contributed by atoms with Crippen molar-refractivity contribution in [1.82, 2.24) is 19.6 Å². The molecule has 0 aromatic carbocycles. The van der Waals surface area contributed by atoms with Gasteiger partial charge in [0.2, 0.25) is 10.0 Å². The molecule has 0 saturated heterocycles. The monoisotopic (exact) mass is 250 g/mol. The first-order chi connectivity index (χ1) is 7.14. The largest absolute Gasteiger partial charge is 0.310 e. The smallest absolute Gasteiger partial charge is 0.212 e. The summed E-state index contributed by atoms with van der Waals surface area (Å²) in [4.78, 5) is 0. The highest BCUT2D eigenvalue weighted by molar-refractivity contribution is 7.89. The second-order valence-corrected chi connectivity index (χ2v) is 5.43. The van der Waals surface area contributed by atoms with Crippen molar-refractivity contribution < 1.29 is 8.42 Å². The first-order valence-electron chi connectivity index (χ1n) is 4.58. The topological polar surface area (TPSA) is 84.0 Å². The van der Waals surface area contributed by atoms with Crippen molar-refractivity contribution in [3.8, 4) is 0 Å². The van der Waals surface area contributed by atoms with Crippen molar-refractivity contribution in [2.45, 2.75) is 13.5 Å². The van der Waals surface area contributed by atoms with Crippen molar-refractivity contribution in [1.29, 1.82) is 0 Å². The molecule has 0 atom stereocenters. The summed E-state index contributed by atoms with van der Waals surface area (Å²) in [6.07, 6.45) is 0. The van der Waals surface area contributed by atoms with Crippen molar-refractivity contribution in [2.75, 3.05) is 18.8 Å². The lowest BCUT2D eigenvalue weighted by atomic mass is 10.5. The molecule has 1 heterocycles. The minimum Gasteiger partial charge on any atom is -0.310 e. The van der Waals surface area contributed by atoms with Crippen molar-refractivity contribution in [3.05, 3.63) is 11.1 Å². The van der Waals surface area contributed by atoms with Crippen LogP contribution in [0.15, 0.2) is 5.38 Å². The Bertz CT molecular complexity index is 362. The fourth-order valence-corrected chi connectivity index (χ4v) is 2.42. The van der Waals surface area contributed by atoms with Crippen LogP contribution in [0.3, 0.4) is 0 Å². The van der Waals surface area contributed by atoms with E-state index in [1.165, 1.54) is 11.5 Å². The lowest BCUT2D eigenvalue weighted by molar-refractivity contribution is 0.578. The van der Waals surface area contributed by atoms with Gasteiger partial charge in [0.25, 0.3) is 0 Å². The van der Waals surface area contributed by atoms with Crippen molar-refractivity contribution in [3.63, 3.8) is 0 Å². The predicted octanol–water partition coefficient (Wildman–Crippen LogP) is -0.433. The molecule has 6 nitrogen and oxygen atoms in total. The Kier molecular flexibility index (Phi) is 5.09. The molecule has 0 fully saturated rings. The molecule has 86 valence electrons. The van der Waals surface area contributed by atoms with Crippen LogP contribution in [0.4, 0.5) is 0 Å². The number of nitrogens with one attached hydrogen (secondary N) is 2. The average molecular weight is 250 g/mol. The van der Waals surface area contributed by atoms with Gasteiger partial charge in [0.15, 0.2) is 0 Å². The first kappa shape index (κ1) is 12.5. The average Bonchev–Trinajstić information content (AvgIpc) is 2.65. The summed E-state index contributed by atoms with van der Waals surface area (Å²) in [7, 11) is -3.12. The van der Waals surface area contributed by atoms with E-state index in [0.717, 1.165) is 5.69 Å². The molecular weight excluding hydrogens is 236 g/mol. The zero-order valence-electron chi connectivity index (χ0n) is 8.43. The fourth-order valence-electron chi connectivity index (χ4n) is 0.976. The predicted molar refractivity (Wildman–Crippen MR) is 59.1 cm³/mol. The second-order valence-electron chi connectivity index (χ2n) is 2.89. The third-order valence-electron chi connectivity index (χ3n) is 1.62. The van der Waals surface area contributed by atoms with E-state index in [0.29, 0.717) is 19.6 Å². The van der Waals surface area contributed by atoms with Gasteiger partial charge in [-0.2, -0.15) is 0 Å². The molecule has 0 aliphatic rings. The van der Waals surface area contributed by atoms with Gasteiger partial charge >= 0.3 is 0 Å². The molecule has 0 unspecified atom stereocenters. The zero-order valence-corrected chi connectivity index (χ0v) is 10.1. The molecule has 1 aromatic rings. The van der Waals surface area contributed by atoms with Gasteiger partial charge in [-0.15, -0.1) is 5.10 Å². The first-order valence-corrected chi connectivity index (χ1v) is 7.07. The Morgan fingerprint density at radius 1 is 1.53 bits per heavy atom. The highest BCUT2D eigenvalue weighted by Gasteiger charge is 2.07. The van der Waals surface area contributed by atoms with Gasteiger partial charge in [-0.05, 0) is 11.5 Å². The summed E-state index contributed by atoms with van der Waals surface area (Å²) >= 11 is 1.28. The molecule has 15 heavy (non-hydrogen) atoms. The van der Waals surface area contributed by atoms with Gasteiger partial charge in [0.05, 0.1) is 11.4 Å². The Hall–Kier alpha value is -0.570. The fraction of sp³-hybridized carbons (Fsp3) is 0.714. The molecule has 0 aliphatic heterocycles. The van der Waals surface area contributed by atoms with Gasteiger partial charge in [0, 0.05) is 25.0 Å². The Morgan fingerprint density at radius 2 is 2.33 bits per heavy atom. The molecule has 1 aromatic heterocycles. The minimum atomic E-state index is -3.12. The standard InChI is InChI=1S/C7H14N4O2S2/c1-2-9-15(12,13)4-3-8-5-7-6-14-11-10-7/h6,8-9H,2-5H2,1H3. The van der Waals surface area contributed by atoms with Crippen molar-refractivity contribution in [2.24, 2.45) is 0 Å². The molecule has 0 aliphatic carbocycles. The number of sulfonamides is 1. The van der Waals surface area contributed by atoms with Crippen LogP contribution in [0.25, 0.3) is 0 Å². The van der Waals surface area contributed by atoms with Crippen LogP contribution >= 0.6 is 11.5 Å². The molecule has 0 saturated carbocycles. The molecular formula is C7H14N4O2S2. The van der Waals surface area contributed by atoms with E-state index < -0.39 is 10.0 Å². The highest BCUT2D eigenvalue weighted by atomic mass is 32.2. The molecule has 2 N–H and O–H groups in total. The number of rotatable bonds is 7. The Balaban J connectivity index is 2.17. The lowest BCUT2D eigenvalue weighted by Gasteiger charge is -2.04. The van der Waals surface area contributed by atoms with E-state index in [1.807, 2.05) is 5.38 Å². The zero-order chi connectivity index (χ0) is 11.1. The SMILES string of the molecule is CCNS(=O)(=O)CCNCc1csnn1. The van der Waals surface area contributed by atoms with E-state index in [4.69, 9.17) is 0 Å². The number of aromatic nitrogens is 2. The van der Waals surface area contributed by atoms with E-state index >= 15 is 0 Å². The third kappa shape index (κ3) is 5.17. The maximum Gasteiger partial charge on any atom is 0.212 e. The van der Waals surface area contributed by atoms with E-state index in [2.05, 4.69) is 19.6 Å². The summed E-state index contributed by atoms with van der Waals surface area (Å²) in [5.41, 5.74) is 0.834. The van der Waals surface area contributed by atoms with Crippen LogP contribution in [0.2, 0.25) is 0 Å². The molecule has 0 spiro atoms. The summed E-state index contributed by atoms with van der Waals surface area (Å²) in [6.45, 7) is 3.15. The highest BCUT2D eigenvalue weighted by Crippen LogP contribution is 1.95. The third-order valence-corrected chi connectivity index (χ3v) is 3.65. The van der Waals surface area contributed by atoms with Gasteiger partial charge in [-0.1, -0.05) is 11.4 Å². The van der Waals surface area contributed by atoms with Gasteiger partial charge in [-0.3, -0.25) is 0 Å². The normalized spacial score (nSPS) is 11.8. The lowest BCUT2D eigenvalue weighted by Crippen LogP contribution is -2.31. The van der Waals surface area contributed by atoms with Crippen molar-refractivity contribution >= 4 is 21.6 Å². The molecule has 1 rings (SSSR count). The van der Waals surface area contributed by atoms with Crippen LogP contribution < -0.4 is 10.0 Å². The van der Waals surface area contributed by atoms with Crippen LogP contribution in [-0.2, 0) is 16.6 Å². The maximum absolute atomic E-state index is 11.2. The minimum absolute atomic E-state index is 0.0818. The van der Waals surface area contributed by atoms with Crippen LogP contribution in [-0.4, -0.2) is 36.8 Å². The maximum atomic E-state index is 11.2. The number of hydrogen-bond donors (Lipinski definition) is 2. The van der Waals surface area contributed by atoms with E-state index in [9.17, 15) is 8.42 Å². The molecule has 0 radical (unpaired) electrons. The molecule has 8 heteroatoms. The summed E-state index contributed by atoms with van der Waals surface area (Å²) < 4.78 is 28.6. The second kappa shape index (κ2) is 6.11. The number of nitrogens with zero attached hydrogens (tertiary/aromatic N) is 2. The van der Waals surface area contributed by atoms with E-state index in [1.54, 1.807) is 6.92 Å². The summed E-state index contributed by atoms with van der Waals surface area (Å²) in [5.74, 6) is 0.0818.